The number of aromatic nitrogens is 1. The molecule has 1 amide bonds. The van der Waals surface area contributed by atoms with Gasteiger partial charge in [-0.1, -0.05) is 13.8 Å². The van der Waals surface area contributed by atoms with Gasteiger partial charge in [-0.05, 0) is 29.7 Å². The molecule has 2 aromatic rings. The van der Waals surface area contributed by atoms with E-state index in [1.54, 1.807) is 12.3 Å². The average molecular weight is 248 g/mol. The van der Waals surface area contributed by atoms with E-state index >= 15 is 0 Å². The van der Waals surface area contributed by atoms with Crippen LogP contribution in [0.5, 0.6) is 0 Å². The van der Waals surface area contributed by atoms with Crippen molar-refractivity contribution in [3.8, 4) is 0 Å². The highest BCUT2D eigenvalue weighted by atomic mass is 19.1. The lowest BCUT2D eigenvalue weighted by atomic mass is 10.1. The van der Waals surface area contributed by atoms with E-state index in [4.69, 9.17) is 0 Å². The third-order valence-corrected chi connectivity index (χ3v) is 2.79. The molecular weight excluding hydrogens is 231 g/mol. The van der Waals surface area contributed by atoms with Gasteiger partial charge in [0.1, 0.15) is 5.82 Å². The molecule has 2 rings (SSSR count). The molecule has 96 valence electrons. The lowest BCUT2D eigenvalue weighted by molar-refractivity contribution is -0.120. The van der Waals surface area contributed by atoms with Gasteiger partial charge >= 0.3 is 0 Å². The van der Waals surface area contributed by atoms with E-state index in [-0.39, 0.29) is 11.7 Å². The summed E-state index contributed by atoms with van der Waals surface area (Å²) in [5.74, 6) is 0.153. The van der Waals surface area contributed by atoms with Crippen molar-refractivity contribution in [1.29, 1.82) is 0 Å². The number of aromatic amines is 1. The molecule has 0 atom stereocenters. The van der Waals surface area contributed by atoms with Crippen LogP contribution in [0.3, 0.4) is 0 Å². The molecular formula is C14H17FN2O. The SMILES string of the molecule is CC(C)CNC(=O)Cc1c[nH]c2cc(F)ccc12. The highest BCUT2D eigenvalue weighted by molar-refractivity contribution is 5.88. The Kier molecular flexibility index (Phi) is 3.65. The third kappa shape index (κ3) is 2.88. The number of fused-ring (bicyclic) bond motifs is 1. The number of H-pyrrole nitrogens is 1. The minimum Gasteiger partial charge on any atom is -0.361 e. The van der Waals surface area contributed by atoms with Crippen LogP contribution in [0.4, 0.5) is 4.39 Å². The number of nitrogens with one attached hydrogen (secondary N) is 2. The van der Waals surface area contributed by atoms with E-state index < -0.39 is 0 Å². The Labute approximate surface area is 105 Å². The van der Waals surface area contributed by atoms with Crippen LogP contribution >= 0.6 is 0 Å². The molecule has 0 fully saturated rings. The van der Waals surface area contributed by atoms with Crippen molar-refractivity contribution in [3.63, 3.8) is 0 Å². The molecule has 0 unspecified atom stereocenters. The molecule has 4 heteroatoms. The van der Waals surface area contributed by atoms with Crippen LogP contribution in [0, 0.1) is 11.7 Å². The number of amides is 1. The van der Waals surface area contributed by atoms with Crippen LogP contribution in [-0.4, -0.2) is 17.4 Å². The van der Waals surface area contributed by atoms with Gasteiger partial charge < -0.3 is 10.3 Å². The summed E-state index contributed by atoms with van der Waals surface area (Å²) in [6.07, 6.45) is 2.08. The van der Waals surface area contributed by atoms with E-state index in [1.165, 1.54) is 12.1 Å². The zero-order valence-corrected chi connectivity index (χ0v) is 10.6. The van der Waals surface area contributed by atoms with Crippen molar-refractivity contribution in [2.75, 3.05) is 6.54 Å². The summed E-state index contributed by atoms with van der Waals surface area (Å²) in [6.45, 7) is 4.78. The van der Waals surface area contributed by atoms with Crippen LogP contribution in [-0.2, 0) is 11.2 Å². The van der Waals surface area contributed by atoms with Gasteiger partial charge in [0.05, 0.1) is 6.42 Å². The molecule has 1 aromatic heterocycles. The number of hydrogen-bond acceptors (Lipinski definition) is 1. The van der Waals surface area contributed by atoms with Gasteiger partial charge in [-0.15, -0.1) is 0 Å². The molecule has 0 aliphatic carbocycles. The number of carbonyl (C=O) groups is 1. The van der Waals surface area contributed by atoms with E-state index in [2.05, 4.69) is 24.1 Å². The first-order valence-corrected chi connectivity index (χ1v) is 6.08. The Balaban J connectivity index is 2.10. The van der Waals surface area contributed by atoms with Crippen LogP contribution in [0.1, 0.15) is 19.4 Å². The molecule has 0 aliphatic rings. The quantitative estimate of drug-likeness (QED) is 0.858. The first-order chi connectivity index (χ1) is 8.56. The van der Waals surface area contributed by atoms with Gasteiger partial charge in [-0.3, -0.25) is 4.79 Å². The van der Waals surface area contributed by atoms with Crippen molar-refractivity contribution in [1.82, 2.24) is 10.3 Å². The molecule has 0 saturated carbocycles. The van der Waals surface area contributed by atoms with E-state index in [0.29, 0.717) is 18.9 Å². The Hall–Kier alpha value is -1.84. The average Bonchev–Trinajstić information content (AvgIpc) is 2.69. The number of hydrogen-bond donors (Lipinski definition) is 2. The predicted octanol–water partition coefficient (Wildman–Crippen LogP) is 2.62. The zero-order valence-electron chi connectivity index (χ0n) is 10.6. The highest BCUT2D eigenvalue weighted by Crippen LogP contribution is 2.19. The molecule has 0 bridgehead atoms. The third-order valence-electron chi connectivity index (χ3n) is 2.79. The summed E-state index contributed by atoms with van der Waals surface area (Å²) in [5.41, 5.74) is 1.62. The van der Waals surface area contributed by atoms with E-state index in [1.807, 2.05) is 0 Å². The van der Waals surface area contributed by atoms with Crippen LogP contribution in [0.25, 0.3) is 10.9 Å². The van der Waals surface area contributed by atoms with Gasteiger partial charge in [0.2, 0.25) is 5.91 Å². The van der Waals surface area contributed by atoms with Crippen molar-refractivity contribution in [2.24, 2.45) is 5.92 Å². The van der Waals surface area contributed by atoms with Crippen molar-refractivity contribution >= 4 is 16.8 Å². The second kappa shape index (κ2) is 5.21. The number of rotatable bonds is 4. The zero-order chi connectivity index (χ0) is 13.1. The van der Waals surface area contributed by atoms with Crippen LogP contribution in [0.2, 0.25) is 0 Å². The van der Waals surface area contributed by atoms with Crippen LogP contribution < -0.4 is 5.32 Å². The number of carbonyl (C=O) groups excluding carboxylic acids is 1. The molecule has 18 heavy (non-hydrogen) atoms. The Morgan fingerprint density at radius 2 is 2.22 bits per heavy atom. The summed E-state index contributed by atoms with van der Waals surface area (Å²) >= 11 is 0. The topological polar surface area (TPSA) is 44.9 Å². The fourth-order valence-electron chi connectivity index (χ4n) is 1.86. The lowest BCUT2D eigenvalue weighted by Crippen LogP contribution is -2.28. The molecule has 0 aliphatic heterocycles. The maximum atomic E-state index is 13.0. The largest absolute Gasteiger partial charge is 0.361 e. The Bertz CT molecular complexity index is 560. The predicted molar refractivity (Wildman–Crippen MR) is 69.8 cm³/mol. The Morgan fingerprint density at radius 1 is 1.44 bits per heavy atom. The van der Waals surface area contributed by atoms with Crippen molar-refractivity contribution < 1.29 is 9.18 Å². The molecule has 0 spiro atoms. The minimum absolute atomic E-state index is 0.00562. The van der Waals surface area contributed by atoms with Gasteiger partial charge in [0.25, 0.3) is 0 Å². The van der Waals surface area contributed by atoms with Gasteiger partial charge in [0.15, 0.2) is 0 Å². The summed E-state index contributed by atoms with van der Waals surface area (Å²) < 4.78 is 13.0. The van der Waals surface area contributed by atoms with Crippen molar-refractivity contribution in [3.05, 3.63) is 35.8 Å². The van der Waals surface area contributed by atoms with E-state index in [9.17, 15) is 9.18 Å². The monoisotopic (exact) mass is 248 g/mol. The second-order valence-corrected chi connectivity index (χ2v) is 4.88. The van der Waals surface area contributed by atoms with Gasteiger partial charge in [-0.2, -0.15) is 0 Å². The van der Waals surface area contributed by atoms with Gasteiger partial charge in [0, 0.05) is 23.6 Å². The smallest absolute Gasteiger partial charge is 0.224 e. The number of halogens is 1. The maximum absolute atomic E-state index is 13.0. The van der Waals surface area contributed by atoms with E-state index in [0.717, 1.165) is 16.5 Å². The molecule has 1 aromatic carbocycles. The Morgan fingerprint density at radius 3 is 2.94 bits per heavy atom. The lowest BCUT2D eigenvalue weighted by Gasteiger charge is -2.06. The minimum atomic E-state index is -0.278. The van der Waals surface area contributed by atoms with Crippen molar-refractivity contribution in [2.45, 2.75) is 20.3 Å². The normalized spacial score (nSPS) is 11.1. The molecule has 0 saturated heterocycles. The summed E-state index contributed by atoms with van der Waals surface area (Å²) in [6, 6.07) is 4.54. The molecule has 1 heterocycles. The molecule has 3 nitrogen and oxygen atoms in total. The fraction of sp³-hybridized carbons (Fsp3) is 0.357. The first kappa shape index (κ1) is 12.6. The standard InChI is InChI=1S/C14H17FN2O/c1-9(2)7-17-14(18)5-10-8-16-13-6-11(15)3-4-12(10)13/h3-4,6,8-9,16H,5,7H2,1-2H3,(H,17,18). The second-order valence-electron chi connectivity index (χ2n) is 4.88. The first-order valence-electron chi connectivity index (χ1n) is 6.08. The number of benzene rings is 1. The van der Waals surface area contributed by atoms with Gasteiger partial charge in [-0.25, -0.2) is 4.39 Å². The molecule has 2 N–H and O–H groups in total. The highest BCUT2D eigenvalue weighted by Gasteiger charge is 2.09. The summed E-state index contributed by atoms with van der Waals surface area (Å²) in [5, 5.41) is 3.77. The fourth-order valence-corrected chi connectivity index (χ4v) is 1.86. The maximum Gasteiger partial charge on any atom is 0.224 e. The summed E-state index contributed by atoms with van der Waals surface area (Å²) in [4.78, 5) is 14.7. The molecule has 0 radical (unpaired) electrons. The van der Waals surface area contributed by atoms with Crippen LogP contribution in [0.15, 0.2) is 24.4 Å². The summed E-state index contributed by atoms with van der Waals surface area (Å²) in [7, 11) is 0.